The fourth-order valence-corrected chi connectivity index (χ4v) is 1.69. The van der Waals surface area contributed by atoms with Gasteiger partial charge < -0.3 is 5.73 Å². The van der Waals surface area contributed by atoms with E-state index in [4.69, 9.17) is 11.0 Å². The smallest absolute Gasteiger partial charge is 0.158 e. The molecule has 0 aromatic heterocycles. The average molecular weight is 140 g/mol. The first-order valence-corrected chi connectivity index (χ1v) is 3.54. The highest BCUT2D eigenvalue weighted by Gasteiger charge is 2.29. The van der Waals surface area contributed by atoms with E-state index < -0.39 is 4.87 Å². The van der Waals surface area contributed by atoms with E-state index in [-0.39, 0.29) is 0 Å². The minimum Gasteiger partial charge on any atom is -0.304 e. The second kappa shape index (κ2) is 2.05. The lowest BCUT2D eigenvalue weighted by molar-refractivity contribution is 0.793. The fraction of sp³-hybridized carbons (Fsp3) is 0.500. The van der Waals surface area contributed by atoms with Gasteiger partial charge in [-0.1, -0.05) is 17.8 Å². The van der Waals surface area contributed by atoms with Crippen LogP contribution in [0.5, 0.6) is 0 Å². The highest BCUT2D eigenvalue weighted by molar-refractivity contribution is 8.04. The Morgan fingerprint density at radius 1 is 2.00 bits per heavy atom. The highest BCUT2D eigenvalue weighted by atomic mass is 32.2. The summed E-state index contributed by atoms with van der Waals surface area (Å²) in [4.78, 5) is 0.489. The van der Waals surface area contributed by atoms with Gasteiger partial charge in [-0.15, -0.1) is 0 Å². The molecule has 0 radical (unpaired) electrons. The number of nitriles is 1. The lowest BCUT2D eigenvalue weighted by atomic mass is 10.2. The van der Waals surface area contributed by atoms with Gasteiger partial charge in [-0.25, -0.2) is 0 Å². The van der Waals surface area contributed by atoms with E-state index in [1.165, 1.54) is 11.8 Å². The maximum Gasteiger partial charge on any atom is 0.158 e. The molecular weight excluding hydrogens is 132 g/mol. The van der Waals surface area contributed by atoms with E-state index in [1.54, 1.807) is 0 Å². The van der Waals surface area contributed by atoms with Crippen LogP contribution in [0.25, 0.3) is 0 Å². The van der Waals surface area contributed by atoms with Gasteiger partial charge >= 0.3 is 0 Å². The molecule has 1 heterocycles. The lowest BCUT2D eigenvalue weighted by Crippen LogP contribution is -2.30. The van der Waals surface area contributed by atoms with Gasteiger partial charge in [0.15, 0.2) is 4.87 Å². The van der Waals surface area contributed by atoms with Crippen molar-refractivity contribution < 1.29 is 0 Å². The minimum absolute atomic E-state index is 0.663. The Morgan fingerprint density at radius 2 is 2.67 bits per heavy atom. The van der Waals surface area contributed by atoms with Crippen molar-refractivity contribution in [2.75, 3.05) is 0 Å². The number of allylic oxidation sites excluding steroid dienone is 1. The second-order valence-electron chi connectivity index (χ2n) is 2.12. The predicted molar refractivity (Wildman–Crippen MR) is 38.5 cm³/mol. The number of thioether (sulfide) groups is 1. The van der Waals surface area contributed by atoms with Crippen molar-refractivity contribution in [1.29, 1.82) is 5.26 Å². The number of rotatable bonds is 0. The molecule has 48 valence electrons. The summed E-state index contributed by atoms with van der Waals surface area (Å²) >= 11 is 1.45. The monoisotopic (exact) mass is 140 g/mol. The van der Waals surface area contributed by atoms with E-state index in [1.807, 2.05) is 13.0 Å². The zero-order valence-electron chi connectivity index (χ0n) is 5.22. The van der Waals surface area contributed by atoms with Crippen LogP contribution in [0.1, 0.15) is 13.3 Å². The van der Waals surface area contributed by atoms with Gasteiger partial charge in [0, 0.05) is 6.42 Å². The molecule has 2 nitrogen and oxygen atoms in total. The van der Waals surface area contributed by atoms with Gasteiger partial charge in [-0.3, -0.25) is 0 Å². The summed E-state index contributed by atoms with van der Waals surface area (Å²) in [6, 6.07) is 2.06. The van der Waals surface area contributed by atoms with Crippen LogP contribution < -0.4 is 5.73 Å². The zero-order chi connectivity index (χ0) is 6.91. The van der Waals surface area contributed by atoms with Gasteiger partial charge in [0.05, 0.1) is 6.07 Å². The number of hydrogen-bond acceptors (Lipinski definition) is 3. The quantitative estimate of drug-likeness (QED) is 0.550. The van der Waals surface area contributed by atoms with Crippen LogP contribution in [0, 0.1) is 11.3 Å². The summed E-state index contributed by atoms with van der Waals surface area (Å²) in [5, 5.41) is 8.51. The number of hydrogen-bond donors (Lipinski definition) is 1. The van der Waals surface area contributed by atoms with E-state index in [9.17, 15) is 0 Å². The maximum absolute atomic E-state index is 8.51. The maximum atomic E-state index is 8.51. The summed E-state index contributed by atoms with van der Waals surface area (Å²) < 4.78 is 0. The minimum atomic E-state index is -0.663. The SMILES string of the molecule is CC1=CCC(N)(C#N)S1. The van der Waals surface area contributed by atoms with Crippen LogP contribution in [0.4, 0.5) is 0 Å². The highest BCUT2D eigenvalue weighted by Crippen LogP contribution is 2.36. The van der Waals surface area contributed by atoms with Crippen molar-refractivity contribution in [1.82, 2.24) is 0 Å². The van der Waals surface area contributed by atoms with Gasteiger partial charge in [-0.2, -0.15) is 5.26 Å². The van der Waals surface area contributed by atoms with Crippen LogP contribution in [0.3, 0.4) is 0 Å². The third-order valence-electron chi connectivity index (χ3n) is 1.23. The molecule has 0 aromatic rings. The first kappa shape index (κ1) is 6.66. The Balaban J connectivity index is 2.67. The van der Waals surface area contributed by atoms with Gasteiger partial charge in [-0.05, 0) is 11.8 Å². The van der Waals surface area contributed by atoms with Crippen LogP contribution >= 0.6 is 11.8 Å². The largest absolute Gasteiger partial charge is 0.304 e. The molecule has 1 atom stereocenters. The van der Waals surface area contributed by atoms with Gasteiger partial charge in [0.2, 0.25) is 0 Å². The molecule has 1 unspecified atom stereocenters. The molecule has 3 heteroatoms. The summed E-state index contributed by atoms with van der Waals surface area (Å²) in [5.41, 5.74) is 5.60. The van der Waals surface area contributed by atoms with E-state index >= 15 is 0 Å². The molecule has 2 N–H and O–H groups in total. The van der Waals surface area contributed by atoms with E-state index in [0.717, 1.165) is 4.91 Å². The van der Waals surface area contributed by atoms with Crippen molar-refractivity contribution in [3.63, 3.8) is 0 Å². The standard InChI is InChI=1S/C6H8N2S/c1-5-2-3-6(8,4-7)9-5/h2H,3,8H2,1H3. The summed E-state index contributed by atoms with van der Waals surface area (Å²) in [6.07, 6.45) is 2.67. The molecule has 0 aliphatic carbocycles. The van der Waals surface area contributed by atoms with Crippen molar-refractivity contribution in [3.8, 4) is 6.07 Å². The van der Waals surface area contributed by atoms with Crippen LogP contribution in [-0.2, 0) is 0 Å². The number of nitrogens with two attached hydrogens (primary N) is 1. The predicted octanol–water partition coefficient (Wildman–Crippen LogP) is 1.21. The third kappa shape index (κ3) is 1.26. The Morgan fingerprint density at radius 3 is 2.89 bits per heavy atom. The molecule has 1 aliphatic rings. The molecule has 0 aromatic carbocycles. The second-order valence-corrected chi connectivity index (χ2v) is 3.70. The lowest BCUT2D eigenvalue weighted by Gasteiger charge is -2.10. The zero-order valence-corrected chi connectivity index (χ0v) is 6.03. The Kier molecular flexibility index (Phi) is 1.52. The van der Waals surface area contributed by atoms with Crippen molar-refractivity contribution in [2.45, 2.75) is 18.2 Å². The summed E-state index contributed by atoms with van der Waals surface area (Å²) in [7, 11) is 0. The first-order valence-electron chi connectivity index (χ1n) is 2.72. The Labute approximate surface area is 58.7 Å². The molecule has 0 spiro atoms. The molecule has 0 saturated carbocycles. The van der Waals surface area contributed by atoms with Crippen molar-refractivity contribution in [2.24, 2.45) is 5.73 Å². The Bertz CT molecular complexity index is 192. The topological polar surface area (TPSA) is 49.8 Å². The number of nitrogens with zero attached hydrogens (tertiary/aromatic N) is 1. The summed E-state index contributed by atoms with van der Waals surface area (Å²) in [6.45, 7) is 1.97. The van der Waals surface area contributed by atoms with Crippen LogP contribution in [0.2, 0.25) is 0 Å². The van der Waals surface area contributed by atoms with E-state index in [2.05, 4.69) is 6.07 Å². The molecule has 0 fully saturated rings. The van der Waals surface area contributed by atoms with Crippen molar-refractivity contribution >= 4 is 11.8 Å². The fourth-order valence-electron chi connectivity index (χ4n) is 0.734. The molecule has 0 bridgehead atoms. The molecule has 1 aliphatic heterocycles. The molecule has 0 amide bonds. The molecule has 1 rings (SSSR count). The van der Waals surface area contributed by atoms with Gasteiger partial charge in [0.25, 0.3) is 0 Å². The Hall–Kier alpha value is -0.460. The van der Waals surface area contributed by atoms with Crippen LogP contribution in [0.15, 0.2) is 11.0 Å². The molecule has 9 heavy (non-hydrogen) atoms. The van der Waals surface area contributed by atoms with Crippen LogP contribution in [-0.4, -0.2) is 4.87 Å². The van der Waals surface area contributed by atoms with E-state index in [0.29, 0.717) is 6.42 Å². The average Bonchev–Trinajstić information content (AvgIpc) is 2.13. The first-order chi connectivity index (χ1) is 4.16. The van der Waals surface area contributed by atoms with Crippen molar-refractivity contribution in [3.05, 3.63) is 11.0 Å². The molecule has 0 saturated heterocycles. The van der Waals surface area contributed by atoms with Gasteiger partial charge in [0.1, 0.15) is 0 Å². The molecular formula is C6H8N2S. The third-order valence-corrected chi connectivity index (χ3v) is 2.34. The summed E-state index contributed by atoms with van der Waals surface area (Å²) in [5.74, 6) is 0. The normalized spacial score (nSPS) is 33.7.